The molecular weight excluding hydrogens is 402 g/mol. The molecule has 1 heterocycles. The molecule has 1 aliphatic heterocycles. The molecule has 1 fully saturated rings. The molecule has 174 valence electrons. The maximum absolute atomic E-state index is 12.2. The molecule has 6 nitrogen and oxygen atoms in total. The zero-order valence-electron chi connectivity index (χ0n) is 19.5. The third kappa shape index (κ3) is 7.53. The van der Waals surface area contributed by atoms with Crippen molar-refractivity contribution in [3.63, 3.8) is 0 Å². The van der Waals surface area contributed by atoms with Gasteiger partial charge in [0.15, 0.2) is 11.5 Å². The van der Waals surface area contributed by atoms with Gasteiger partial charge in [0.05, 0.1) is 13.2 Å². The molecule has 2 aromatic rings. The fraction of sp³-hybridized carbons (Fsp3) is 0.500. The fourth-order valence-corrected chi connectivity index (χ4v) is 4.07. The Morgan fingerprint density at radius 1 is 1.00 bits per heavy atom. The number of nitrogens with one attached hydrogen (secondary N) is 1. The Morgan fingerprint density at radius 3 is 2.47 bits per heavy atom. The van der Waals surface area contributed by atoms with Crippen molar-refractivity contribution in [2.75, 3.05) is 53.0 Å². The standard InChI is InChI=1S/C26H37N3O3/c1-3-31-24-13-7-8-14-25(24)32-20-9-15-26(30)27-16-10-17-29-19-18-28(2)21-23(29)22-11-5-4-6-12-22/h4-8,11-14,23H,3,9-10,15-21H2,1-2H3,(H,27,30). The summed E-state index contributed by atoms with van der Waals surface area (Å²) in [7, 11) is 2.19. The van der Waals surface area contributed by atoms with Crippen LogP contribution in [0.25, 0.3) is 0 Å². The van der Waals surface area contributed by atoms with Crippen molar-refractivity contribution in [3.05, 3.63) is 60.2 Å². The van der Waals surface area contributed by atoms with Crippen molar-refractivity contribution in [2.24, 2.45) is 0 Å². The van der Waals surface area contributed by atoms with Gasteiger partial charge in [-0.1, -0.05) is 42.5 Å². The van der Waals surface area contributed by atoms with Crippen LogP contribution in [0, 0.1) is 0 Å². The number of ether oxygens (including phenoxy) is 2. The quantitative estimate of drug-likeness (QED) is 0.511. The molecule has 0 spiro atoms. The van der Waals surface area contributed by atoms with E-state index in [-0.39, 0.29) is 5.91 Å². The van der Waals surface area contributed by atoms with Crippen molar-refractivity contribution in [2.45, 2.75) is 32.2 Å². The van der Waals surface area contributed by atoms with Crippen LogP contribution in [0.2, 0.25) is 0 Å². The number of hydrogen-bond donors (Lipinski definition) is 1. The lowest BCUT2D eigenvalue weighted by atomic mass is 10.0. The van der Waals surface area contributed by atoms with Crippen LogP contribution in [0.3, 0.4) is 0 Å². The van der Waals surface area contributed by atoms with Crippen LogP contribution in [-0.2, 0) is 4.79 Å². The second kappa shape index (κ2) is 13.1. The maximum Gasteiger partial charge on any atom is 0.220 e. The number of carbonyl (C=O) groups excluding carboxylic acids is 1. The van der Waals surface area contributed by atoms with Gasteiger partial charge in [0, 0.05) is 45.2 Å². The molecule has 1 unspecified atom stereocenters. The molecule has 1 N–H and O–H groups in total. The molecule has 1 amide bonds. The number of piperazine rings is 1. The maximum atomic E-state index is 12.2. The van der Waals surface area contributed by atoms with E-state index in [1.807, 2.05) is 31.2 Å². The first-order valence-electron chi connectivity index (χ1n) is 11.8. The highest BCUT2D eigenvalue weighted by molar-refractivity contribution is 5.75. The molecule has 6 heteroatoms. The first kappa shape index (κ1) is 24.1. The molecule has 0 radical (unpaired) electrons. The van der Waals surface area contributed by atoms with Gasteiger partial charge in [0.2, 0.25) is 5.91 Å². The van der Waals surface area contributed by atoms with Crippen LogP contribution in [-0.4, -0.2) is 68.7 Å². The van der Waals surface area contributed by atoms with Gasteiger partial charge in [0.1, 0.15) is 0 Å². The predicted molar refractivity (Wildman–Crippen MR) is 128 cm³/mol. The number of benzene rings is 2. The number of amides is 1. The van der Waals surface area contributed by atoms with Crippen LogP contribution in [0.15, 0.2) is 54.6 Å². The van der Waals surface area contributed by atoms with Crippen LogP contribution in [0.4, 0.5) is 0 Å². The summed E-state index contributed by atoms with van der Waals surface area (Å²) in [4.78, 5) is 17.1. The Labute approximate surface area is 192 Å². The largest absolute Gasteiger partial charge is 0.490 e. The summed E-state index contributed by atoms with van der Waals surface area (Å²) >= 11 is 0. The molecule has 1 saturated heterocycles. The van der Waals surface area contributed by atoms with E-state index in [9.17, 15) is 4.79 Å². The van der Waals surface area contributed by atoms with Crippen LogP contribution < -0.4 is 14.8 Å². The third-order valence-electron chi connectivity index (χ3n) is 5.78. The fourth-order valence-electron chi connectivity index (χ4n) is 4.07. The normalized spacial score (nSPS) is 17.1. The summed E-state index contributed by atoms with van der Waals surface area (Å²) in [5, 5.41) is 3.06. The van der Waals surface area contributed by atoms with E-state index in [2.05, 4.69) is 52.5 Å². The minimum Gasteiger partial charge on any atom is -0.490 e. The number of para-hydroxylation sites is 2. The molecule has 1 aliphatic rings. The number of rotatable bonds is 12. The van der Waals surface area contributed by atoms with Gasteiger partial charge in [-0.3, -0.25) is 9.69 Å². The lowest BCUT2D eigenvalue weighted by Gasteiger charge is -2.40. The zero-order chi connectivity index (χ0) is 22.6. The molecular formula is C26H37N3O3. The number of likely N-dealkylation sites (N-methyl/N-ethyl adjacent to an activating group) is 1. The molecule has 3 rings (SSSR count). The minimum atomic E-state index is 0.0877. The summed E-state index contributed by atoms with van der Waals surface area (Å²) < 4.78 is 11.4. The molecule has 0 aromatic heterocycles. The molecule has 0 aliphatic carbocycles. The van der Waals surface area contributed by atoms with E-state index in [0.717, 1.165) is 44.1 Å². The Bertz CT molecular complexity index is 815. The number of hydrogen-bond acceptors (Lipinski definition) is 5. The highest BCUT2D eigenvalue weighted by Gasteiger charge is 2.25. The second-order valence-electron chi connectivity index (χ2n) is 8.26. The average molecular weight is 440 g/mol. The molecule has 2 aromatic carbocycles. The first-order chi connectivity index (χ1) is 15.7. The van der Waals surface area contributed by atoms with Crippen molar-refractivity contribution in [1.82, 2.24) is 15.1 Å². The smallest absolute Gasteiger partial charge is 0.220 e. The minimum absolute atomic E-state index is 0.0877. The van der Waals surface area contributed by atoms with E-state index >= 15 is 0 Å². The lowest BCUT2D eigenvalue weighted by Crippen LogP contribution is -2.47. The third-order valence-corrected chi connectivity index (χ3v) is 5.78. The Balaban J connectivity index is 1.32. The summed E-state index contributed by atoms with van der Waals surface area (Å²) in [6.07, 6.45) is 2.11. The summed E-state index contributed by atoms with van der Waals surface area (Å²) in [5.41, 5.74) is 1.37. The van der Waals surface area contributed by atoms with Crippen molar-refractivity contribution >= 4 is 5.91 Å². The zero-order valence-corrected chi connectivity index (χ0v) is 19.5. The van der Waals surface area contributed by atoms with E-state index in [0.29, 0.717) is 38.6 Å². The van der Waals surface area contributed by atoms with Gasteiger partial charge in [-0.05, 0) is 44.5 Å². The molecule has 1 atom stereocenters. The van der Waals surface area contributed by atoms with Gasteiger partial charge < -0.3 is 19.7 Å². The first-order valence-corrected chi connectivity index (χ1v) is 11.8. The average Bonchev–Trinajstić information content (AvgIpc) is 2.82. The lowest BCUT2D eigenvalue weighted by molar-refractivity contribution is -0.121. The van der Waals surface area contributed by atoms with Gasteiger partial charge in [-0.25, -0.2) is 0 Å². The van der Waals surface area contributed by atoms with Crippen molar-refractivity contribution < 1.29 is 14.3 Å². The molecule has 0 bridgehead atoms. The Kier molecular flexibility index (Phi) is 9.85. The van der Waals surface area contributed by atoms with Gasteiger partial charge in [-0.2, -0.15) is 0 Å². The second-order valence-corrected chi connectivity index (χ2v) is 8.26. The number of carbonyl (C=O) groups is 1. The molecule has 0 saturated carbocycles. The highest BCUT2D eigenvalue weighted by atomic mass is 16.5. The van der Waals surface area contributed by atoms with Crippen LogP contribution in [0.5, 0.6) is 11.5 Å². The molecule has 32 heavy (non-hydrogen) atoms. The Hall–Kier alpha value is -2.57. The summed E-state index contributed by atoms with van der Waals surface area (Å²) in [5.74, 6) is 1.57. The van der Waals surface area contributed by atoms with Gasteiger partial charge >= 0.3 is 0 Å². The summed E-state index contributed by atoms with van der Waals surface area (Å²) in [6.45, 7) is 7.94. The van der Waals surface area contributed by atoms with Gasteiger partial charge in [-0.15, -0.1) is 0 Å². The summed E-state index contributed by atoms with van der Waals surface area (Å²) in [6, 6.07) is 18.8. The van der Waals surface area contributed by atoms with E-state index in [4.69, 9.17) is 9.47 Å². The van der Waals surface area contributed by atoms with Gasteiger partial charge in [0.25, 0.3) is 0 Å². The Morgan fingerprint density at radius 2 is 1.72 bits per heavy atom. The van der Waals surface area contributed by atoms with E-state index < -0.39 is 0 Å². The number of nitrogens with zero attached hydrogens (tertiary/aromatic N) is 2. The van der Waals surface area contributed by atoms with Crippen molar-refractivity contribution in [1.29, 1.82) is 0 Å². The monoisotopic (exact) mass is 439 g/mol. The predicted octanol–water partition coefficient (Wildman–Crippen LogP) is 3.74. The SMILES string of the molecule is CCOc1ccccc1OCCCC(=O)NCCCN1CCN(C)CC1c1ccccc1. The van der Waals surface area contributed by atoms with Crippen LogP contribution in [0.1, 0.15) is 37.8 Å². The van der Waals surface area contributed by atoms with Crippen molar-refractivity contribution in [3.8, 4) is 11.5 Å². The van der Waals surface area contributed by atoms with Crippen LogP contribution >= 0.6 is 0 Å². The topological polar surface area (TPSA) is 54.0 Å². The van der Waals surface area contributed by atoms with E-state index in [1.165, 1.54) is 5.56 Å². The van der Waals surface area contributed by atoms with E-state index in [1.54, 1.807) is 0 Å². The highest BCUT2D eigenvalue weighted by Crippen LogP contribution is 2.26.